The largest absolute Gasteiger partial charge is 0.394 e. The Morgan fingerprint density at radius 2 is 1.84 bits per heavy atom. The molecule has 0 bridgehead atoms. The van der Waals surface area contributed by atoms with Crippen LogP contribution in [0.3, 0.4) is 0 Å². The first-order valence-electron chi connectivity index (χ1n) is 7.76. The maximum Gasteiger partial charge on any atom is 0.253 e. The number of hydrogen-bond donors (Lipinski definition) is 6. The van der Waals surface area contributed by atoms with Gasteiger partial charge in [-0.3, -0.25) is 9.59 Å². The van der Waals surface area contributed by atoms with E-state index in [1.807, 2.05) is 0 Å². The molecule has 0 spiro atoms. The van der Waals surface area contributed by atoms with Crippen LogP contribution in [0.15, 0.2) is 18.2 Å². The second-order valence-corrected chi connectivity index (χ2v) is 6.08. The Balaban J connectivity index is 2.01. The highest BCUT2D eigenvalue weighted by Gasteiger charge is 2.31. The van der Waals surface area contributed by atoms with E-state index in [-0.39, 0.29) is 18.9 Å². The third kappa shape index (κ3) is 4.33. The van der Waals surface area contributed by atoms with Crippen LogP contribution in [-0.2, 0) is 11.2 Å². The van der Waals surface area contributed by atoms with Crippen LogP contribution in [0.25, 0.3) is 0 Å². The molecule has 0 aliphatic carbocycles. The van der Waals surface area contributed by atoms with Crippen molar-refractivity contribution in [2.24, 2.45) is 0 Å². The Hall–Kier alpha value is -2.04. The Morgan fingerprint density at radius 3 is 2.48 bits per heavy atom. The Morgan fingerprint density at radius 1 is 1.20 bits per heavy atom. The maximum atomic E-state index is 12.4. The number of likely N-dealkylation sites (N-methyl/N-ethyl adjacent to an activating group) is 1. The van der Waals surface area contributed by atoms with Crippen LogP contribution in [0.1, 0.15) is 15.9 Å². The second kappa shape index (κ2) is 7.89. The highest BCUT2D eigenvalue weighted by molar-refractivity contribution is 6.01. The number of carbonyl (C=O) groups is 2. The summed E-state index contributed by atoms with van der Waals surface area (Å²) in [6, 6.07) is 4.74. The van der Waals surface area contributed by atoms with Gasteiger partial charge in [-0.1, -0.05) is 0 Å². The molecule has 6 N–H and O–H groups in total. The van der Waals surface area contributed by atoms with Gasteiger partial charge in [0.15, 0.2) is 0 Å². The minimum Gasteiger partial charge on any atom is -0.394 e. The van der Waals surface area contributed by atoms with Gasteiger partial charge in [0.1, 0.15) is 24.4 Å². The average Bonchev–Trinajstić information content (AvgIpc) is 2.97. The molecule has 0 saturated carbocycles. The van der Waals surface area contributed by atoms with Crippen molar-refractivity contribution >= 4 is 17.5 Å². The maximum absolute atomic E-state index is 12.4. The predicted octanol–water partition coefficient (Wildman–Crippen LogP) is -2.31. The molecule has 25 heavy (non-hydrogen) atoms. The topological polar surface area (TPSA) is 151 Å². The van der Waals surface area contributed by atoms with Crippen LogP contribution in [-0.4, -0.2) is 86.9 Å². The fourth-order valence-electron chi connectivity index (χ4n) is 2.62. The minimum atomic E-state index is -1.75. The molecule has 4 unspecified atom stereocenters. The Bertz CT molecular complexity index is 651. The van der Waals surface area contributed by atoms with Crippen molar-refractivity contribution in [3.05, 3.63) is 29.3 Å². The monoisotopic (exact) mass is 354 g/mol. The SMILES string of the molecule is CN(CC(O)C(O)C(O)C(O)CO)C(=O)c1ccc2c(c1)CC(=O)N2. The molecule has 2 amide bonds. The zero-order valence-electron chi connectivity index (χ0n) is 13.7. The fraction of sp³-hybridized carbons (Fsp3) is 0.500. The quantitative estimate of drug-likeness (QED) is 0.322. The summed E-state index contributed by atoms with van der Waals surface area (Å²) in [4.78, 5) is 24.9. The number of fused-ring (bicyclic) bond motifs is 1. The molecule has 1 heterocycles. The second-order valence-electron chi connectivity index (χ2n) is 6.08. The van der Waals surface area contributed by atoms with E-state index in [9.17, 15) is 30.0 Å². The van der Waals surface area contributed by atoms with Crippen LogP contribution in [0, 0.1) is 0 Å². The lowest BCUT2D eigenvalue weighted by Gasteiger charge is -2.28. The summed E-state index contributed by atoms with van der Waals surface area (Å²) >= 11 is 0. The number of aliphatic hydroxyl groups is 5. The third-order valence-electron chi connectivity index (χ3n) is 4.11. The molecule has 9 heteroatoms. The molecule has 0 fully saturated rings. The van der Waals surface area contributed by atoms with Gasteiger partial charge >= 0.3 is 0 Å². The first-order chi connectivity index (χ1) is 11.7. The molecular weight excluding hydrogens is 332 g/mol. The van der Waals surface area contributed by atoms with E-state index >= 15 is 0 Å². The summed E-state index contributed by atoms with van der Waals surface area (Å²) in [7, 11) is 1.41. The number of hydrogen-bond acceptors (Lipinski definition) is 7. The van der Waals surface area contributed by atoms with Crippen molar-refractivity contribution in [2.45, 2.75) is 30.8 Å². The predicted molar refractivity (Wildman–Crippen MR) is 86.8 cm³/mol. The molecule has 2 rings (SSSR count). The first kappa shape index (κ1) is 19.3. The smallest absolute Gasteiger partial charge is 0.253 e. The summed E-state index contributed by atoms with van der Waals surface area (Å²) in [5, 5.41) is 50.0. The number of carbonyl (C=O) groups excluding carboxylic acids is 2. The van der Waals surface area contributed by atoms with Crippen LogP contribution < -0.4 is 5.32 Å². The molecule has 4 atom stereocenters. The summed E-state index contributed by atoms with van der Waals surface area (Å²) in [6.45, 7) is -1.08. The molecule has 0 saturated heterocycles. The molecule has 138 valence electrons. The first-order valence-corrected chi connectivity index (χ1v) is 7.76. The number of nitrogens with zero attached hydrogens (tertiary/aromatic N) is 1. The molecule has 1 aliphatic heterocycles. The Kier molecular flexibility index (Phi) is 6.09. The van der Waals surface area contributed by atoms with E-state index in [2.05, 4.69) is 5.32 Å². The number of rotatable bonds is 7. The van der Waals surface area contributed by atoms with Crippen molar-refractivity contribution < 1.29 is 35.1 Å². The molecule has 0 radical (unpaired) electrons. The summed E-state index contributed by atoms with van der Waals surface area (Å²) in [5.41, 5.74) is 1.67. The number of aliphatic hydroxyl groups excluding tert-OH is 5. The van der Waals surface area contributed by atoms with E-state index in [1.54, 1.807) is 12.1 Å². The third-order valence-corrected chi connectivity index (χ3v) is 4.11. The summed E-state index contributed by atoms with van der Waals surface area (Å²) in [6.07, 6.45) is -6.43. The molecule has 1 aromatic carbocycles. The normalized spacial score (nSPS) is 18.1. The van der Waals surface area contributed by atoms with E-state index in [4.69, 9.17) is 5.11 Å². The van der Waals surface area contributed by atoms with Gasteiger partial charge in [0, 0.05) is 24.8 Å². The van der Waals surface area contributed by atoms with Crippen molar-refractivity contribution in [3.63, 3.8) is 0 Å². The van der Waals surface area contributed by atoms with Crippen molar-refractivity contribution in [3.8, 4) is 0 Å². The average molecular weight is 354 g/mol. The van der Waals surface area contributed by atoms with Crippen molar-refractivity contribution in [2.75, 3.05) is 25.5 Å². The molecule has 0 aromatic heterocycles. The van der Waals surface area contributed by atoms with Crippen molar-refractivity contribution in [1.82, 2.24) is 4.90 Å². The molecule has 1 aromatic rings. The van der Waals surface area contributed by atoms with E-state index in [1.165, 1.54) is 13.1 Å². The highest BCUT2D eigenvalue weighted by Crippen LogP contribution is 2.24. The lowest BCUT2D eigenvalue weighted by molar-refractivity contribution is -0.117. The van der Waals surface area contributed by atoms with Crippen LogP contribution in [0.4, 0.5) is 5.69 Å². The van der Waals surface area contributed by atoms with E-state index < -0.39 is 36.9 Å². The summed E-state index contributed by atoms with van der Waals surface area (Å²) in [5.74, 6) is -0.589. The van der Waals surface area contributed by atoms with Gasteiger partial charge in [-0.05, 0) is 23.8 Å². The highest BCUT2D eigenvalue weighted by atomic mass is 16.4. The standard InChI is InChI=1S/C16H22N2O7/c1-18(6-11(20)14(23)15(24)12(21)7-19)16(25)8-2-3-10-9(4-8)5-13(22)17-10/h2-4,11-12,14-15,19-21,23-24H,5-7H2,1H3,(H,17,22). The lowest BCUT2D eigenvalue weighted by Crippen LogP contribution is -2.49. The van der Waals surface area contributed by atoms with Crippen LogP contribution >= 0.6 is 0 Å². The van der Waals surface area contributed by atoms with Gasteiger partial charge < -0.3 is 35.7 Å². The van der Waals surface area contributed by atoms with Gasteiger partial charge in [0.2, 0.25) is 5.91 Å². The van der Waals surface area contributed by atoms with Crippen LogP contribution in [0.2, 0.25) is 0 Å². The van der Waals surface area contributed by atoms with Crippen molar-refractivity contribution in [1.29, 1.82) is 0 Å². The van der Waals surface area contributed by atoms with Gasteiger partial charge in [-0.2, -0.15) is 0 Å². The van der Waals surface area contributed by atoms with Gasteiger partial charge in [-0.25, -0.2) is 0 Å². The Labute approximate surface area is 144 Å². The van der Waals surface area contributed by atoms with Crippen LogP contribution in [0.5, 0.6) is 0 Å². The zero-order chi connectivity index (χ0) is 18.7. The minimum absolute atomic E-state index is 0.150. The summed E-state index contributed by atoms with van der Waals surface area (Å²) < 4.78 is 0. The van der Waals surface area contributed by atoms with E-state index in [0.717, 1.165) is 4.90 Å². The van der Waals surface area contributed by atoms with E-state index in [0.29, 0.717) is 16.8 Å². The van der Waals surface area contributed by atoms with Gasteiger partial charge in [-0.15, -0.1) is 0 Å². The van der Waals surface area contributed by atoms with Gasteiger partial charge in [0.25, 0.3) is 5.91 Å². The van der Waals surface area contributed by atoms with Gasteiger partial charge in [0.05, 0.1) is 13.0 Å². The molecular formula is C16H22N2O7. The molecule has 1 aliphatic rings. The molecule has 9 nitrogen and oxygen atoms in total. The zero-order valence-corrected chi connectivity index (χ0v) is 13.7. The number of anilines is 1. The fourth-order valence-corrected chi connectivity index (χ4v) is 2.62. The number of nitrogens with one attached hydrogen (secondary N) is 1. The number of amides is 2. The number of benzene rings is 1. The lowest BCUT2D eigenvalue weighted by atomic mass is 10.0.